The van der Waals surface area contributed by atoms with Crippen molar-refractivity contribution < 1.29 is 5.11 Å². The summed E-state index contributed by atoms with van der Waals surface area (Å²) in [6, 6.07) is 2.12. The van der Waals surface area contributed by atoms with E-state index in [1.54, 1.807) is 17.7 Å². The summed E-state index contributed by atoms with van der Waals surface area (Å²) >= 11 is 1.63. The van der Waals surface area contributed by atoms with Crippen molar-refractivity contribution in [1.29, 1.82) is 0 Å². The highest BCUT2D eigenvalue weighted by molar-refractivity contribution is 7.17. The quantitative estimate of drug-likeness (QED) is 0.858. The summed E-state index contributed by atoms with van der Waals surface area (Å²) < 4.78 is 1.07. The average Bonchev–Trinajstić information content (AvgIpc) is 2.81. The van der Waals surface area contributed by atoms with Crippen LogP contribution in [0.5, 0.6) is 0 Å². The molecule has 2 heterocycles. The van der Waals surface area contributed by atoms with Crippen molar-refractivity contribution in [3.8, 4) is 0 Å². The lowest BCUT2D eigenvalue weighted by atomic mass is 9.92. The Labute approximate surface area is 104 Å². The zero-order chi connectivity index (χ0) is 11.7. The fourth-order valence-corrected chi connectivity index (χ4v) is 3.14. The minimum atomic E-state index is -0.256. The van der Waals surface area contributed by atoms with Gasteiger partial charge in [-0.25, -0.2) is 9.97 Å². The first-order valence-electron chi connectivity index (χ1n) is 5.97. The predicted molar refractivity (Wildman–Crippen MR) is 69.3 cm³/mol. The van der Waals surface area contributed by atoms with Crippen LogP contribution in [0.3, 0.4) is 0 Å². The number of anilines is 1. The summed E-state index contributed by atoms with van der Waals surface area (Å²) in [6.45, 7) is 0. The molecule has 0 bridgehead atoms. The Morgan fingerprint density at radius 3 is 3.06 bits per heavy atom. The second kappa shape index (κ2) is 4.58. The predicted octanol–water partition coefficient (Wildman–Crippen LogP) is 2.41. The monoisotopic (exact) mass is 249 g/mol. The van der Waals surface area contributed by atoms with E-state index in [0.717, 1.165) is 35.3 Å². The van der Waals surface area contributed by atoms with Gasteiger partial charge in [-0.1, -0.05) is 12.8 Å². The lowest BCUT2D eigenvalue weighted by molar-refractivity contribution is 0.116. The van der Waals surface area contributed by atoms with E-state index in [1.807, 2.05) is 11.4 Å². The van der Waals surface area contributed by atoms with Gasteiger partial charge in [-0.15, -0.1) is 11.3 Å². The molecule has 2 aromatic heterocycles. The van der Waals surface area contributed by atoms with E-state index in [2.05, 4.69) is 15.3 Å². The van der Waals surface area contributed by atoms with E-state index >= 15 is 0 Å². The molecule has 2 atom stereocenters. The normalized spacial score (nSPS) is 25.0. The average molecular weight is 249 g/mol. The highest BCUT2D eigenvalue weighted by Gasteiger charge is 2.23. The molecule has 90 valence electrons. The van der Waals surface area contributed by atoms with Gasteiger partial charge in [-0.3, -0.25) is 0 Å². The Hall–Kier alpha value is -1.20. The first kappa shape index (κ1) is 10.9. The molecule has 0 radical (unpaired) electrons. The number of fused-ring (bicyclic) bond motifs is 1. The molecule has 5 heteroatoms. The molecule has 1 fully saturated rings. The van der Waals surface area contributed by atoms with Gasteiger partial charge in [0.2, 0.25) is 0 Å². The fraction of sp³-hybridized carbons (Fsp3) is 0.500. The topological polar surface area (TPSA) is 58.0 Å². The Balaban J connectivity index is 1.86. The zero-order valence-electron chi connectivity index (χ0n) is 9.47. The van der Waals surface area contributed by atoms with Gasteiger partial charge in [0.05, 0.1) is 22.4 Å². The Bertz CT molecular complexity index is 513. The van der Waals surface area contributed by atoms with Gasteiger partial charge in [-0.2, -0.15) is 0 Å². The summed E-state index contributed by atoms with van der Waals surface area (Å²) in [7, 11) is 0. The highest BCUT2D eigenvalue weighted by atomic mass is 32.1. The molecular weight excluding hydrogens is 234 g/mol. The van der Waals surface area contributed by atoms with Crippen LogP contribution >= 0.6 is 11.3 Å². The molecule has 0 aliphatic heterocycles. The van der Waals surface area contributed by atoms with Crippen LogP contribution in [0.25, 0.3) is 10.2 Å². The molecule has 1 aliphatic rings. The Morgan fingerprint density at radius 1 is 1.29 bits per heavy atom. The van der Waals surface area contributed by atoms with Crippen molar-refractivity contribution in [3.63, 3.8) is 0 Å². The van der Waals surface area contributed by atoms with Crippen LogP contribution in [0.1, 0.15) is 25.7 Å². The molecule has 0 aromatic carbocycles. The van der Waals surface area contributed by atoms with Gasteiger partial charge in [0.15, 0.2) is 0 Å². The van der Waals surface area contributed by atoms with Crippen LogP contribution in [0.2, 0.25) is 0 Å². The Morgan fingerprint density at radius 2 is 2.18 bits per heavy atom. The number of thiophene rings is 1. The SMILES string of the molecule is O[C@H]1CCCC[C@H]1Nc1ncnc2ccsc12. The molecule has 4 nitrogen and oxygen atoms in total. The van der Waals surface area contributed by atoms with Crippen molar-refractivity contribution in [2.45, 2.75) is 37.8 Å². The highest BCUT2D eigenvalue weighted by Crippen LogP contribution is 2.28. The molecule has 1 saturated carbocycles. The zero-order valence-corrected chi connectivity index (χ0v) is 10.3. The van der Waals surface area contributed by atoms with Crippen LogP contribution in [-0.2, 0) is 0 Å². The lowest BCUT2D eigenvalue weighted by Gasteiger charge is -2.28. The van der Waals surface area contributed by atoms with Gasteiger partial charge in [0, 0.05) is 0 Å². The number of hydrogen-bond donors (Lipinski definition) is 2. The van der Waals surface area contributed by atoms with Gasteiger partial charge >= 0.3 is 0 Å². The van der Waals surface area contributed by atoms with E-state index in [-0.39, 0.29) is 12.1 Å². The molecule has 17 heavy (non-hydrogen) atoms. The third-order valence-electron chi connectivity index (χ3n) is 3.29. The Kier molecular flexibility index (Phi) is 2.94. The van der Waals surface area contributed by atoms with Crippen LogP contribution in [0, 0.1) is 0 Å². The first-order chi connectivity index (χ1) is 8.34. The molecule has 2 N–H and O–H groups in total. The number of aromatic nitrogens is 2. The second-order valence-electron chi connectivity index (χ2n) is 4.46. The maximum atomic E-state index is 9.95. The summed E-state index contributed by atoms with van der Waals surface area (Å²) in [5.41, 5.74) is 0.970. The second-order valence-corrected chi connectivity index (χ2v) is 5.38. The van der Waals surface area contributed by atoms with Crippen LogP contribution in [-0.4, -0.2) is 27.2 Å². The number of nitrogens with one attached hydrogen (secondary N) is 1. The largest absolute Gasteiger partial charge is 0.391 e. The molecule has 2 aromatic rings. The molecule has 0 amide bonds. The number of nitrogens with zero attached hydrogens (tertiary/aromatic N) is 2. The van der Waals surface area contributed by atoms with E-state index in [1.165, 1.54) is 6.42 Å². The van der Waals surface area contributed by atoms with Gasteiger partial charge < -0.3 is 10.4 Å². The maximum absolute atomic E-state index is 9.95. The fourth-order valence-electron chi connectivity index (χ4n) is 2.35. The lowest BCUT2D eigenvalue weighted by Crippen LogP contribution is -2.36. The molecule has 0 spiro atoms. The minimum Gasteiger partial charge on any atom is -0.391 e. The van der Waals surface area contributed by atoms with Crippen molar-refractivity contribution in [2.75, 3.05) is 5.32 Å². The maximum Gasteiger partial charge on any atom is 0.147 e. The summed E-state index contributed by atoms with van der Waals surface area (Å²) in [5.74, 6) is 0.857. The van der Waals surface area contributed by atoms with Crippen molar-refractivity contribution >= 4 is 27.4 Å². The summed E-state index contributed by atoms with van der Waals surface area (Å²) in [5, 5.41) is 15.3. The van der Waals surface area contributed by atoms with Crippen LogP contribution in [0.4, 0.5) is 5.82 Å². The van der Waals surface area contributed by atoms with Gasteiger partial charge in [-0.05, 0) is 24.3 Å². The molecule has 0 unspecified atom stereocenters. The van der Waals surface area contributed by atoms with Crippen LogP contribution < -0.4 is 5.32 Å². The third kappa shape index (κ3) is 2.12. The molecule has 0 saturated heterocycles. The van der Waals surface area contributed by atoms with Crippen LogP contribution in [0.15, 0.2) is 17.8 Å². The van der Waals surface area contributed by atoms with E-state index in [0.29, 0.717) is 0 Å². The van der Waals surface area contributed by atoms with E-state index < -0.39 is 0 Å². The molecular formula is C12H15N3OS. The van der Waals surface area contributed by atoms with Crippen molar-refractivity contribution in [1.82, 2.24) is 9.97 Å². The third-order valence-corrected chi connectivity index (χ3v) is 4.21. The number of hydrogen-bond acceptors (Lipinski definition) is 5. The van der Waals surface area contributed by atoms with E-state index in [9.17, 15) is 5.11 Å². The number of aliphatic hydroxyl groups excluding tert-OH is 1. The van der Waals surface area contributed by atoms with E-state index in [4.69, 9.17) is 0 Å². The van der Waals surface area contributed by atoms with Gasteiger partial charge in [0.1, 0.15) is 12.1 Å². The van der Waals surface area contributed by atoms with Crippen molar-refractivity contribution in [2.24, 2.45) is 0 Å². The summed E-state index contributed by atoms with van der Waals surface area (Å²) in [4.78, 5) is 8.50. The number of aliphatic hydroxyl groups is 1. The smallest absolute Gasteiger partial charge is 0.147 e. The minimum absolute atomic E-state index is 0.129. The standard InChI is InChI=1S/C12H15N3OS/c16-10-4-2-1-3-8(10)15-12-11-9(5-6-17-11)13-7-14-12/h5-8,10,16H,1-4H2,(H,13,14,15)/t8-,10+/m1/s1. The van der Waals surface area contributed by atoms with Crippen molar-refractivity contribution in [3.05, 3.63) is 17.8 Å². The molecule has 3 rings (SSSR count). The first-order valence-corrected chi connectivity index (χ1v) is 6.85. The summed E-state index contributed by atoms with van der Waals surface area (Å²) in [6.07, 6.45) is 5.51. The molecule has 1 aliphatic carbocycles. The number of rotatable bonds is 2. The van der Waals surface area contributed by atoms with Gasteiger partial charge in [0.25, 0.3) is 0 Å².